The zero-order chi connectivity index (χ0) is 14.7. The minimum atomic E-state index is -0.424. The molecule has 2 aromatic rings. The first-order chi connectivity index (χ1) is 9.49. The molecule has 20 heavy (non-hydrogen) atoms. The van der Waals surface area contributed by atoms with Gasteiger partial charge in [-0.2, -0.15) is 0 Å². The van der Waals surface area contributed by atoms with Crippen LogP contribution in [0.1, 0.15) is 11.1 Å². The average Bonchev–Trinajstić information content (AvgIpc) is 2.39. The summed E-state index contributed by atoms with van der Waals surface area (Å²) in [5.74, 6) is 0. The number of nitro benzene ring substituents is 1. The molecule has 0 saturated heterocycles. The third-order valence-corrected chi connectivity index (χ3v) is 3.66. The Morgan fingerprint density at radius 2 is 1.85 bits per heavy atom. The molecule has 0 radical (unpaired) electrons. The van der Waals surface area contributed by atoms with Crippen molar-refractivity contribution in [2.75, 3.05) is 5.32 Å². The molecule has 0 aliphatic heterocycles. The van der Waals surface area contributed by atoms with Gasteiger partial charge in [-0.05, 0) is 24.6 Å². The van der Waals surface area contributed by atoms with E-state index in [1.54, 1.807) is 24.3 Å². The molecule has 0 aliphatic rings. The van der Waals surface area contributed by atoms with Gasteiger partial charge in [0.1, 0.15) is 0 Å². The highest BCUT2D eigenvalue weighted by atomic mass is 35.5. The van der Waals surface area contributed by atoms with Crippen LogP contribution in [0.5, 0.6) is 0 Å². The Bertz CT molecular complexity index is 639. The number of halogens is 2. The first-order valence-electron chi connectivity index (χ1n) is 5.91. The van der Waals surface area contributed by atoms with Crippen molar-refractivity contribution in [3.63, 3.8) is 0 Å². The van der Waals surface area contributed by atoms with Crippen LogP contribution >= 0.6 is 23.2 Å². The normalized spacial score (nSPS) is 10.3. The van der Waals surface area contributed by atoms with Gasteiger partial charge in [0.15, 0.2) is 0 Å². The van der Waals surface area contributed by atoms with Crippen LogP contribution in [0.15, 0.2) is 36.4 Å². The summed E-state index contributed by atoms with van der Waals surface area (Å²) in [4.78, 5) is 10.4. The first-order valence-corrected chi connectivity index (χ1v) is 6.66. The van der Waals surface area contributed by atoms with Crippen molar-refractivity contribution in [3.05, 3.63) is 67.7 Å². The second-order valence-corrected chi connectivity index (χ2v) is 5.12. The molecule has 2 rings (SSSR count). The molecule has 0 saturated carbocycles. The Labute approximate surface area is 126 Å². The number of non-ortho nitro benzene ring substituents is 1. The summed E-state index contributed by atoms with van der Waals surface area (Å²) in [5.41, 5.74) is 2.42. The van der Waals surface area contributed by atoms with Crippen LogP contribution in [0.3, 0.4) is 0 Å². The molecule has 0 amide bonds. The van der Waals surface area contributed by atoms with E-state index >= 15 is 0 Å². The van der Waals surface area contributed by atoms with Crippen molar-refractivity contribution in [2.45, 2.75) is 13.5 Å². The summed E-state index contributed by atoms with van der Waals surface area (Å²) in [5, 5.41) is 15.0. The summed E-state index contributed by atoms with van der Waals surface area (Å²) in [7, 11) is 0. The van der Waals surface area contributed by atoms with E-state index in [1.807, 2.05) is 6.92 Å². The van der Waals surface area contributed by atoms with Crippen LogP contribution in [-0.2, 0) is 6.54 Å². The quantitative estimate of drug-likeness (QED) is 0.650. The Balaban J connectivity index is 2.23. The molecule has 104 valence electrons. The second-order valence-electron chi connectivity index (χ2n) is 4.31. The average molecular weight is 311 g/mol. The van der Waals surface area contributed by atoms with Crippen LogP contribution in [-0.4, -0.2) is 4.92 Å². The van der Waals surface area contributed by atoms with Crippen molar-refractivity contribution in [2.24, 2.45) is 0 Å². The fourth-order valence-corrected chi connectivity index (χ4v) is 2.33. The van der Waals surface area contributed by atoms with Crippen LogP contribution in [0, 0.1) is 17.0 Å². The van der Waals surface area contributed by atoms with Gasteiger partial charge in [-0.15, -0.1) is 0 Å². The molecule has 0 bridgehead atoms. The summed E-state index contributed by atoms with van der Waals surface area (Å²) in [6, 6.07) is 9.96. The molecule has 0 spiro atoms. The van der Waals surface area contributed by atoms with Crippen LogP contribution in [0.2, 0.25) is 10.0 Å². The molecule has 0 aromatic heterocycles. The summed E-state index contributed by atoms with van der Waals surface area (Å²) in [6.45, 7) is 2.28. The van der Waals surface area contributed by atoms with E-state index in [0.717, 1.165) is 11.1 Å². The predicted molar refractivity (Wildman–Crippen MR) is 81.6 cm³/mol. The van der Waals surface area contributed by atoms with Gasteiger partial charge in [0.25, 0.3) is 5.69 Å². The van der Waals surface area contributed by atoms with E-state index in [-0.39, 0.29) is 5.69 Å². The molecule has 0 atom stereocenters. The van der Waals surface area contributed by atoms with Crippen molar-refractivity contribution in [1.29, 1.82) is 0 Å². The van der Waals surface area contributed by atoms with Gasteiger partial charge in [0, 0.05) is 40.0 Å². The van der Waals surface area contributed by atoms with E-state index < -0.39 is 4.92 Å². The van der Waals surface area contributed by atoms with Crippen molar-refractivity contribution < 1.29 is 4.92 Å². The number of benzene rings is 2. The molecule has 0 fully saturated rings. The van der Waals surface area contributed by atoms with Gasteiger partial charge in [-0.3, -0.25) is 10.1 Å². The lowest BCUT2D eigenvalue weighted by Gasteiger charge is -2.11. The third-order valence-electron chi connectivity index (χ3n) is 2.95. The van der Waals surface area contributed by atoms with E-state index in [2.05, 4.69) is 5.32 Å². The lowest BCUT2D eigenvalue weighted by Crippen LogP contribution is -2.03. The van der Waals surface area contributed by atoms with Gasteiger partial charge in [-0.25, -0.2) is 0 Å². The number of hydrogen-bond acceptors (Lipinski definition) is 3. The third kappa shape index (κ3) is 3.21. The number of aryl methyl sites for hydroxylation is 1. The molecule has 6 heteroatoms. The Hall–Kier alpha value is -1.78. The fourth-order valence-electron chi connectivity index (χ4n) is 1.80. The summed E-state index contributed by atoms with van der Waals surface area (Å²) >= 11 is 12.2. The molecule has 0 unspecified atom stereocenters. The van der Waals surface area contributed by atoms with Crippen LogP contribution < -0.4 is 5.32 Å². The number of nitro groups is 1. The lowest BCUT2D eigenvalue weighted by molar-refractivity contribution is -0.384. The van der Waals surface area contributed by atoms with Gasteiger partial charge < -0.3 is 5.32 Å². The standard InChI is InChI=1S/C14H12Cl2N2O2/c1-9-5-6-10(18(19)20)7-14(9)17-8-11-12(15)3-2-4-13(11)16/h2-7,17H,8H2,1H3. The van der Waals surface area contributed by atoms with E-state index in [1.165, 1.54) is 12.1 Å². The van der Waals surface area contributed by atoms with Crippen molar-refractivity contribution in [1.82, 2.24) is 0 Å². The largest absolute Gasteiger partial charge is 0.380 e. The number of nitrogens with zero attached hydrogens (tertiary/aromatic N) is 1. The molecule has 0 aliphatic carbocycles. The number of rotatable bonds is 4. The van der Waals surface area contributed by atoms with Crippen LogP contribution in [0.4, 0.5) is 11.4 Å². The molecule has 0 heterocycles. The highest BCUT2D eigenvalue weighted by molar-refractivity contribution is 6.36. The lowest BCUT2D eigenvalue weighted by atomic mass is 10.1. The van der Waals surface area contributed by atoms with Gasteiger partial charge in [0.2, 0.25) is 0 Å². The number of anilines is 1. The van der Waals surface area contributed by atoms with Gasteiger partial charge in [0.05, 0.1) is 4.92 Å². The Kier molecular flexibility index (Phi) is 4.47. The minimum Gasteiger partial charge on any atom is -0.380 e. The maximum absolute atomic E-state index is 10.8. The zero-order valence-electron chi connectivity index (χ0n) is 10.7. The van der Waals surface area contributed by atoms with E-state index in [0.29, 0.717) is 22.3 Å². The Morgan fingerprint density at radius 1 is 1.20 bits per heavy atom. The molecule has 1 N–H and O–H groups in total. The molecule has 4 nitrogen and oxygen atoms in total. The highest BCUT2D eigenvalue weighted by Gasteiger charge is 2.10. The van der Waals surface area contributed by atoms with E-state index in [9.17, 15) is 10.1 Å². The fraction of sp³-hybridized carbons (Fsp3) is 0.143. The van der Waals surface area contributed by atoms with Gasteiger partial charge >= 0.3 is 0 Å². The molecule has 2 aromatic carbocycles. The second kappa shape index (κ2) is 6.11. The monoisotopic (exact) mass is 310 g/mol. The van der Waals surface area contributed by atoms with Crippen LogP contribution in [0.25, 0.3) is 0 Å². The Morgan fingerprint density at radius 3 is 2.45 bits per heavy atom. The number of nitrogens with one attached hydrogen (secondary N) is 1. The zero-order valence-corrected chi connectivity index (χ0v) is 12.2. The predicted octanol–water partition coefficient (Wildman–Crippen LogP) is 4.82. The molecular weight excluding hydrogens is 299 g/mol. The topological polar surface area (TPSA) is 55.2 Å². The smallest absolute Gasteiger partial charge is 0.271 e. The van der Waals surface area contributed by atoms with E-state index in [4.69, 9.17) is 23.2 Å². The summed E-state index contributed by atoms with van der Waals surface area (Å²) in [6.07, 6.45) is 0. The first kappa shape index (κ1) is 14.6. The molecular formula is C14H12Cl2N2O2. The number of hydrogen-bond donors (Lipinski definition) is 1. The SMILES string of the molecule is Cc1ccc([N+](=O)[O-])cc1NCc1c(Cl)cccc1Cl. The van der Waals surface area contributed by atoms with Crippen molar-refractivity contribution in [3.8, 4) is 0 Å². The minimum absolute atomic E-state index is 0.0448. The van der Waals surface area contributed by atoms with Crippen molar-refractivity contribution >= 4 is 34.6 Å². The maximum atomic E-state index is 10.8. The highest BCUT2D eigenvalue weighted by Crippen LogP contribution is 2.27. The maximum Gasteiger partial charge on any atom is 0.271 e. The summed E-state index contributed by atoms with van der Waals surface area (Å²) < 4.78 is 0. The van der Waals surface area contributed by atoms with Gasteiger partial charge in [-0.1, -0.05) is 35.3 Å².